The highest BCUT2D eigenvalue weighted by molar-refractivity contribution is 5.10. The zero-order chi connectivity index (χ0) is 14.2. The van der Waals surface area contributed by atoms with Crippen molar-refractivity contribution in [1.29, 1.82) is 0 Å². The standard InChI is InChI=1S/C16H31N3O/c1-16(2)14(13-5-4-12-20-15(13)16)17-6-7-19-10-8-18(3)9-11-19/h13-15,17H,4-12H2,1-3H3. The first-order chi connectivity index (χ1) is 9.59. The third-order valence-electron chi connectivity index (χ3n) is 5.72. The molecule has 1 aliphatic carbocycles. The lowest BCUT2D eigenvalue weighted by atomic mass is 9.55. The van der Waals surface area contributed by atoms with Gasteiger partial charge in [0.25, 0.3) is 0 Å². The summed E-state index contributed by atoms with van der Waals surface area (Å²) in [4.78, 5) is 5.01. The Balaban J connectivity index is 1.42. The normalized spacial score (nSPS) is 38.2. The summed E-state index contributed by atoms with van der Waals surface area (Å²) in [5.41, 5.74) is 0.313. The van der Waals surface area contributed by atoms with Crippen molar-refractivity contribution < 1.29 is 4.74 Å². The smallest absolute Gasteiger partial charge is 0.0684 e. The zero-order valence-electron chi connectivity index (χ0n) is 13.4. The summed E-state index contributed by atoms with van der Waals surface area (Å²) in [7, 11) is 2.22. The van der Waals surface area contributed by atoms with E-state index in [0.29, 0.717) is 17.6 Å². The van der Waals surface area contributed by atoms with E-state index in [1.807, 2.05) is 0 Å². The van der Waals surface area contributed by atoms with Gasteiger partial charge >= 0.3 is 0 Å². The van der Waals surface area contributed by atoms with Crippen molar-refractivity contribution in [3.63, 3.8) is 0 Å². The number of ether oxygens (including phenoxy) is 1. The molecule has 2 saturated heterocycles. The van der Waals surface area contributed by atoms with Gasteiger partial charge in [0.05, 0.1) is 6.10 Å². The summed E-state index contributed by atoms with van der Waals surface area (Å²) >= 11 is 0. The van der Waals surface area contributed by atoms with E-state index in [4.69, 9.17) is 4.74 Å². The van der Waals surface area contributed by atoms with Crippen LogP contribution < -0.4 is 5.32 Å². The molecule has 0 bridgehead atoms. The van der Waals surface area contributed by atoms with Gasteiger partial charge in [-0.05, 0) is 19.9 Å². The van der Waals surface area contributed by atoms with Crippen LogP contribution in [-0.4, -0.2) is 74.9 Å². The van der Waals surface area contributed by atoms with E-state index < -0.39 is 0 Å². The Kier molecular flexibility index (Phi) is 4.37. The molecule has 116 valence electrons. The van der Waals surface area contributed by atoms with Crippen molar-refractivity contribution in [3.8, 4) is 0 Å². The lowest BCUT2D eigenvalue weighted by Crippen LogP contribution is -2.69. The fourth-order valence-electron chi connectivity index (χ4n) is 4.39. The third kappa shape index (κ3) is 2.76. The molecule has 1 N–H and O–H groups in total. The first-order valence-corrected chi connectivity index (χ1v) is 8.35. The molecule has 3 unspecified atom stereocenters. The van der Waals surface area contributed by atoms with Gasteiger partial charge in [0, 0.05) is 63.3 Å². The Morgan fingerprint density at radius 2 is 1.95 bits per heavy atom. The molecule has 0 spiro atoms. The van der Waals surface area contributed by atoms with Crippen LogP contribution in [0.4, 0.5) is 0 Å². The average molecular weight is 281 g/mol. The number of piperazine rings is 1. The molecule has 3 aliphatic rings. The first kappa shape index (κ1) is 14.8. The number of hydrogen-bond acceptors (Lipinski definition) is 4. The van der Waals surface area contributed by atoms with Gasteiger partial charge in [0.2, 0.25) is 0 Å². The molecule has 0 radical (unpaired) electrons. The number of hydrogen-bond donors (Lipinski definition) is 1. The molecule has 3 fully saturated rings. The van der Waals surface area contributed by atoms with Crippen molar-refractivity contribution in [2.24, 2.45) is 11.3 Å². The predicted octanol–water partition coefficient (Wildman–Crippen LogP) is 1.03. The maximum atomic E-state index is 5.97. The molecule has 0 aromatic rings. The summed E-state index contributed by atoms with van der Waals surface area (Å²) in [6, 6.07) is 0.653. The molecule has 2 heterocycles. The molecule has 2 aliphatic heterocycles. The molecule has 3 atom stereocenters. The van der Waals surface area contributed by atoms with E-state index in [0.717, 1.165) is 19.1 Å². The molecule has 3 rings (SSSR count). The Morgan fingerprint density at radius 3 is 2.70 bits per heavy atom. The van der Waals surface area contributed by atoms with Gasteiger partial charge in [-0.3, -0.25) is 4.90 Å². The first-order valence-electron chi connectivity index (χ1n) is 8.35. The number of nitrogens with one attached hydrogen (secondary N) is 1. The Bertz CT molecular complexity index is 326. The van der Waals surface area contributed by atoms with Gasteiger partial charge in [-0.2, -0.15) is 0 Å². The van der Waals surface area contributed by atoms with Crippen LogP contribution in [0.3, 0.4) is 0 Å². The summed E-state index contributed by atoms with van der Waals surface area (Å²) in [6.07, 6.45) is 3.09. The van der Waals surface area contributed by atoms with E-state index in [1.165, 1.54) is 45.6 Å². The van der Waals surface area contributed by atoms with Gasteiger partial charge in [0.15, 0.2) is 0 Å². The Hall–Kier alpha value is -0.160. The molecule has 0 amide bonds. The molecule has 0 aromatic carbocycles. The summed E-state index contributed by atoms with van der Waals surface area (Å²) in [5, 5.41) is 3.83. The Morgan fingerprint density at radius 1 is 1.20 bits per heavy atom. The minimum Gasteiger partial charge on any atom is -0.377 e. The lowest BCUT2D eigenvalue weighted by molar-refractivity contribution is -0.192. The zero-order valence-corrected chi connectivity index (χ0v) is 13.4. The van der Waals surface area contributed by atoms with Crippen LogP contribution in [0, 0.1) is 11.3 Å². The van der Waals surface area contributed by atoms with Gasteiger partial charge in [-0.15, -0.1) is 0 Å². The Labute approximate surface area is 123 Å². The maximum Gasteiger partial charge on any atom is 0.0684 e. The van der Waals surface area contributed by atoms with Crippen LogP contribution in [0.2, 0.25) is 0 Å². The van der Waals surface area contributed by atoms with Crippen LogP contribution in [0.1, 0.15) is 26.7 Å². The number of rotatable bonds is 4. The summed E-state index contributed by atoms with van der Waals surface area (Å²) in [6.45, 7) is 12.9. The number of fused-ring (bicyclic) bond motifs is 1. The summed E-state index contributed by atoms with van der Waals surface area (Å²) < 4.78 is 5.97. The molecular formula is C16H31N3O. The average Bonchev–Trinajstić information content (AvgIpc) is 2.45. The van der Waals surface area contributed by atoms with Gasteiger partial charge in [0.1, 0.15) is 0 Å². The highest BCUT2D eigenvalue weighted by Gasteiger charge is 2.57. The van der Waals surface area contributed by atoms with E-state index in [9.17, 15) is 0 Å². The van der Waals surface area contributed by atoms with Crippen LogP contribution in [0.15, 0.2) is 0 Å². The van der Waals surface area contributed by atoms with Crippen molar-refractivity contribution in [1.82, 2.24) is 15.1 Å². The van der Waals surface area contributed by atoms with Gasteiger partial charge < -0.3 is 15.0 Å². The maximum absolute atomic E-state index is 5.97. The second kappa shape index (κ2) is 5.91. The van der Waals surface area contributed by atoms with Crippen molar-refractivity contribution >= 4 is 0 Å². The molecule has 0 aromatic heterocycles. The quantitative estimate of drug-likeness (QED) is 0.833. The molecule has 1 saturated carbocycles. The van der Waals surface area contributed by atoms with Crippen LogP contribution in [0.25, 0.3) is 0 Å². The van der Waals surface area contributed by atoms with Crippen molar-refractivity contribution in [3.05, 3.63) is 0 Å². The van der Waals surface area contributed by atoms with E-state index in [-0.39, 0.29) is 0 Å². The lowest BCUT2D eigenvalue weighted by Gasteiger charge is -2.60. The van der Waals surface area contributed by atoms with Crippen molar-refractivity contribution in [2.45, 2.75) is 38.8 Å². The minimum absolute atomic E-state index is 0.313. The van der Waals surface area contributed by atoms with E-state index in [2.05, 4.69) is 36.0 Å². The fourth-order valence-corrected chi connectivity index (χ4v) is 4.39. The highest BCUT2D eigenvalue weighted by Crippen LogP contribution is 2.51. The monoisotopic (exact) mass is 281 g/mol. The van der Waals surface area contributed by atoms with E-state index >= 15 is 0 Å². The second-order valence-corrected chi connectivity index (χ2v) is 7.50. The predicted molar refractivity (Wildman–Crippen MR) is 82.0 cm³/mol. The number of nitrogens with zero attached hydrogens (tertiary/aromatic N) is 2. The molecule has 20 heavy (non-hydrogen) atoms. The van der Waals surface area contributed by atoms with Gasteiger partial charge in [-0.1, -0.05) is 13.8 Å². The minimum atomic E-state index is 0.313. The third-order valence-corrected chi connectivity index (χ3v) is 5.72. The summed E-state index contributed by atoms with van der Waals surface area (Å²) in [5.74, 6) is 0.756. The van der Waals surface area contributed by atoms with Crippen LogP contribution >= 0.6 is 0 Å². The fraction of sp³-hybridized carbons (Fsp3) is 1.00. The highest BCUT2D eigenvalue weighted by atomic mass is 16.5. The van der Waals surface area contributed by atoms with Crippen LogP contribution in [0.5, 0.6) is 0 Å². The largest absolute Gasteiger partial charge is 0.377 e. The number of likely N-dealkylation sites (N-methyl/N-ethyl adjacent to an activating group) is 1. The molecular weight excluding hydrogens is 250 g/mol. The topological polar surface area (TPSA) is 27.7 Å². The molecule has 4 nitrogen and oxygen atoms in total. The second-order valence-electron chi connectivity index (χ2n) is 7.50. The van der Waals surface area contributed by atoms with Crippen LogP contribution in [-0.2, 0) is 4.74 Å². The van der Waals surface area contributed by atoms with E-state index in [1.54, 1.807) is 0 Å². The van der Waals surface area contributed by atoms with Gasteiger partial charge in [-0.25, -0.2) is 0 Å². The van der Waals surface area contributed by atoms with Crippen molar-refractivity contribution in [2.75, 3.05) is 52.9 Å². The molecule has 4 heteroatoms. The SMILES string of the molecule is CN1CCN(CCNC2C3CCCOC3C2(C)C)CC1.